The van der Waals surface area contributed by atoms with Crippen LogP contribution in [0.3, 0.4) is 0 Å². The number of hydrogen-bond donors (Lipinski definition) is 0. The van der Waals surface area contributed by atoms with Crippen molar-refractivity contribution in [1.29, 1.82) is 0 Å². The fourth-order valence-electron chi connectivity index (χ4n) is 5.39. The number of hydrogen-bond acceptors (Lipinski definition) is 5. The number of aromatic nitrogens is 2. The summed E-state index contributed by atoms with van der Waals surface area (Å²) in [6.07, 6.45) is 3.24. The molecule has 9 heteroatoms. The van der Waals surface area contributed by atoms with E-state index in [2.05, 4.69) is 10.6 Å². The van der Waals surface area contributed by atoms with E-state index in [0.29, 0.717) is 32.7 Å². The Morgan fingerprint density at radius 1 is 1.18 bits per heavy atom. The van der Waals surface area contributed by atoms with E-state index in [-0.39, 0.29) is 17.7 Å². The first-order valence-corrected chi connectivity index (χ1v) is 11.2. The number of carbonyl (C=O) groups excluding carboxylic acids is 1. The van der Waals surface area contributed by atoms with Gasteiger partial charge in [-0.05, 0) is 30.0 Å². The van der Waals surface area contributed by atoms with Crippen molar-refractivity contribution in [3.63, 3.8) is 0 Å². The fraction of sp³-hybridized carbons (Fsp3) is 0.417. The van der Waals surface area contributed by atoms with E-state index < -0.39 is 16.2 Å². The average Bonchev–Trinajstić information content (AvgIpc) is 3.15. The normalized spacial score (nSPS) is 19.5. The Labute approximate surface area is 190 Å². The van der Waals surface area contributed by atoms with Gasteiger partial charge in [-0.1, -0.05) is 18.2 Å². The van der Waals surface area contributed by atoms with Crippen LogP contribution >= 0.6 is 0 Å². The molecular formula is C24H26N4O5. The molecule has 2 aliphatic heterocycles. The number of nitrogens with zero attached hydrogens (tertiary/aromatic N) is 4. The third-order valence-electron chi connectivity index (χ3n) is 6.88. The van der Waals surface area contributed by atoms with E-state index in [1.165, 1.54) is 6.07 Å². The van der Waals surface area contributed by atoms with Gasteiger partial charge >= 0.3 is 11.2 Å². The molecule has 0 aliphatic carbocycles. The van der Waals surface area contributed by atoms with Gasteiger partial charge in [-0.3, -0.25) is 19.7 Å². The van der Waals surface area contributed by atoms with Crippen molar-refractivity contribution >= 4 is 22.5 Å². The Morgan fingerprint density at radius 2 is 2.00 bits per heavy atom. The third-order valence-corrected chi connectivity index (χ3v) is 6.88. The topological polar surface area (TPSA) is 99.6 Å². The average molecular weight is 450 g/mol. The highest BCUT2D eigenvalue weighted by atomic mass is 16.6. The van der Waals surface area contributed by atoms with E-state index >= 15 is 0 Å². The minimum Gasteiger partial charge on any atom is -0.383 e. The summed E-state index contributed by atoms with van der Waals surface area (Å²) < 4.78 is 8.89. The number of benzene rings is 1. The van der Waals surface area contributed by atoms with Gasteiger partial charge in [-0.2, -0.15) is 0 Å². The van der Waals surface area contributed by atoms with Crippen LogP contribution in [0.4, 0.5) is 5.69 Å². The lowest BCUT2D eigenvalue weighted by atomic mass is 9.83. The van der Waals surface area contributed by atoms with Crippen molar-refractivity contribution < 1.29 is 14.5 Å². The Morgan fingerprint density at radius 3 is 2.79 bits per heavy atom. The van der Waals surface area contributed by atoms with E-state index in [1.807, 2.05) is 29.3 Å². The summed E-state index contributed by atoms with van der Waals surface area (Å²) in [6, 6.07) is 11.0. The number of piperidine rings is 1. The highest BCUT2D eigenvalue weighted by Crippen LogP contribution is 2.36. The summed E-state index contributed by atoms with van der Waals surface area (Å²) in [7, 11) is 1.67. The Hall–Kier alpha value is -3.46. The second kappa shape index (κ2) is 8.47. The van der Waals surface area contributed by atoms with Crippen molar-refractivity contribution in [2.24, 2.45) is 5.92 Å². The lowest BCUT2D eigenvalue weighted by Crippen LogP contribution is -2.49. The maximum Gasteiger partial charge on any atom is 0.334 e. The number of ether oxygens (including phenoxy) is 1. The molecule has 2 aliphatic rings. The molecule has 1 aromatic carbocycles. The molecule has 1 saturated heterocycles. The zero-order valence-corrected chi connectivity index (χ0v) is 18.5. The van der Waals surface area contributed by atoms with Gasteiger partial charge in [0, 0.05) is 68.1 Å². The number of para-hydroxylation sites is 1. The van der Waals surface area contributed by atoms with Gasteiger partial charge in [0.05, 0.1) is 18.0 Å². The maximum absolute atomic E-state index is 13.3. The molecule has 0 unspecified atom stereocenters. The lowest BCUT2D eigenvalue weighted by molar-refractivity contribution is -0.386. The fourth-order valence-corrected chi connectivity index (χ4v) is 5.39. The standard InChI is InChI=1S/C24H26N4O5/c1-33-9-8-25-14-17(19-4-2-3-5-21(19)25)11-23(29)26-12-16-10-18(15-26)20-6-7-22(28(31)32)24(30)27(20)13-16/h2-7,14,16,18H,8-13,15H2,1H3/t16-,18+/m1/s1. The van der Waals surface area contributed by atoms with E-state index in [0.717, 1.165) is 35.1 Å². The largest absolute Gasteiger partial charge is 0.383 e. The quantitative estimate of drug-likeness (QED) is 0.425. The zero-order valence-electron chi connectivity index (χ0n) is 18.5. The van der Waals surface area contributed by atoms with E-state index in [9.17, 15) is 19.7 Å². The van der Waals surface area contributed by atoms with Crippen molar-refractivity contribution in [1.82, 2.24) is 14.0 Å². The molecule has 172 valence electrons. The molecule has 5 rings (SSSR count). The molecule has 0 N–H and O–H groups in total. The summed E-state index contributed by atoms with van der Waals surface area (Å²) in [5, 5.41) is 12.2. The number of rotatable bonds is 6. The van der Waals surface area contributed by atoms with Gasteiger partial charge in [0.25, 0.3) is 0 Å². The van der Waals surface area contributed by atoms with Gasteiger partial charge in [0.2, 0.25) is 5.91 Å². The van der Waals surface area contributed by atoms with Crippen molar-refractivity contribution in [2.45, 2.75) is 31.8 Å². The van der Waals surface area contributed by atoms with Crippen LogP contribution in [0.5, 0.6) is 0 Å². The molecular weight excluding hydrogens is 424 g/mol. The molecule has 0 spiro atoms. The summed E-state index contributed by atoms with van der Waals surface area (Å²) in [4.78, 5) is 38.3. The van der Waals surface area contributed by atoms with Crippen molar-refractivity contribution in [3.8, 4) is 0 Å². The molecule has 2 bridgehead atoms. The minimum atomic E-state index is -0.626. The van der Waals surface area contributed by atoms with Crippen LogP contribution in [0.25, 0.3) is 10.9 Å². The molecule has 3 aromatic rings. The van der Waals surface area contributed by atoms with Crippen LogP contribution in [0, 0.1) is 16.0 Å². The summed E-state index contributed by atoms with van der Waals surface area (Å²) in [5.74, 6) is 0.193. The first-order valence-electron chi connectivity index (χ1n) is 11.2. The second-order valence-corrected chi connectivity index (χ2v) is 8.95. The van der Waals surface area contributed by atoms with Crippen LogP contribution in [0.2, 0.25) is 0 Å². The van der Waals surface area contributed by atoms with Crippen LogP contribution in [-0.2, 0) is 29.0 Å². The number of pyridine rings is 1. The Balaban J connectivity index is 1.38. The highest BCUT2D eigenvalue weighted by Gasteiger charge is 2.37. The summed E-state index contributed by atoms with van der Waals surface area (Å²) >= 11 is 0. The molecule has 1 amide bonds. The van der Waals surface area contributed by atoms with Gasteiger partial charge in [0.1, 0.15) is 0 Å². The van der Waals surface area contributed by atoms with Crippen LogP contribution in [-0.4, -0.2) is 51.7 Å². The lowest BCUT2D eigenvalue weighted by Gasteiger charge is -2.42. The second-order valence-electron chi connectivity index (χ2n) is 8.95. The van der Waals surface area contributed by atoms with Crippen LogP contribution in [0.1, 0.15) is 23.6 Å². The van der Waals surface area contributed by atoms with Gasteiger partial charge < -0.3 is 18.8 Å². The van der Waals surface area contributed by atoms with Gasteiger partial charge in [-0.15, -0.1) is 0 Å². The highest BCUT2D eigenvalue weighted by molar-refractivity contribution is 5.89. The van der Waals surface area contributed by atoms with Crippen LogP contribution in [0.15, 0.2) is 47.4 Å². The number of fused-ring (bicyclic) bond motifs is 5. The molecule has 0 saturated carbocycles. The van der Waals surface area contributed by atoms with E-state index in [1.54, 1.807) is 17.7 Å². The number of likely N-dealkylation sites (tertiary alicyclic amines) is 1. The Bertz CT molecular complexity index is 1290. The molecule has 4 heterocycles. The smallest absolute Gasteiger partial charge is 0.334 e. The maximum atomic E-state index is 13.3. The summed E-state index contributed by atoms with van der Waals surface area (Å²) in [6.45, 7) is 2.81. The number of carbonyl (C=O) groups is 1. The van der Waals surface area contributed by atoms with Crippen molar-refractivity contribution in [2.75, 3.05) is 26.8 Å². The predicted molar refractivity (Wildman–Crippen MR) is 122 cm³/mol. The number of amides is 1. The first kappa shape index (κ1) is 21.4. The Kier molecular flexibility index (Phi) is 5.49. The van der Waals surface area contributed by atoms with Crippen LogP contribution < -0.4 is 5.56 Å². The minimum absolute atomic E-state index is 0.0120. The molecule has 1 fully saturated rings. The SMILES string of the molecule is COCCn1cc(CC(=O)N2C[C@H]3C[C@@H](C2)c2ccc([N+](=O)[O-])c(=O)n2C3)c2ccccc21. The zero-order chi connectivity index (χ0) is 23.1. The number of methoxy groups -OCH3 is 1. The monoisotopic (exact) mass is 450 g/mol. The first-order chi connectivity index (χ1) is 16.0. The summed E-state index contributed by atoms with van der Waals surface area (Å²) in [5.41, 5.74) is 1.93. The molecule has 33 heavy (non-hydrogen) atoms. The van der Waals surface area contributed by atoms with Gasteiger partial charge in [-0.25, -0.2) is 0 Å². The molecule has 2 aromatic heterocycles. The molecule has 2 atom stereocenters. The molecule has 9 nitrogen and oxygen atoms in total. The third kappa shape index (κ3) is 3.82. The van der Waals surface area contributed by atoms with Crippen molar-refractivity contribution in [3.05, 3.63) is 74.3 Å². The predicted octanol–water partition coefficient (Wildman–Crippen LogP) is 2.55. The number of nitro groups is 1. The van der Waals surface area contributed by atoms with Gasteiger partial charge in [0.15, 0.2) is 0 Å². The van der Waals surface area contributed by atoms with E-state index in [4.69, 9.17) is 4.74 Å². The molecule has 0 radical (unpaired) electrons.